The predicted octanol–water partition coefficient (Wildman–Crippen LogP) is 3.53. The molecule has 3 nitrogen and oxygen atoms in total. The van der Waals surface area contributed by atoms with Crippen LogP contribution in [0.1, 0.15) is 66.7 Å². The Morgan fingerprint density at radius 3 is 2.18 bits per heavy atom. The van der Waals surface area contributed by atoms with E-state index < -0.39 is 11.5 Å². The summed E-state index contributed by atoms with van der Waals surface area (Å²) in [6, 6.07) is 0.271. The summed E-state index contributed by atoms with van der Waals surface area (Å²) in [6.07, 6.45) is 5.26. The maximum atomic E-state index is 11.5. The van der Waals surface area contributed by atoms with Gasteiger partial charge in [-0.15, -0.1) is 0 Å². The lowest BCUT2D eigenvalue weighted by molar-refractivity contribution is -0.152. The molecule has 0 amide bonds. The van der Waals surface area contributed by atoms with E-state index in [2.05, 4.69) is 25.7 Å². The van der Waals surface area contributed by atoms with Crippen molar-refractivity contribution in [1.82, 2.24) is 4.90 Å². The van der Waals surface area contributed by atoms with Gasteiger partial charge in [0, 0.05) is 6.04 Å². The summed E-state index contributed by atoms with van der Waals surface area (Å²) < 4.78 is 0. The number of carboxylic acid groups (broad SMARTS) is 1. The average molecular weight is 243 g/mol. The Labute approximate surface area is 106 Å². The van der Waals surface area contributed by atoms with Gasteiger partial charge in [0.2, 0.25) is 0 Å². The Hall–Kier alpha value is -0.570. The van der Waals surface area contributed by atoms with Gasteiger partial charge in [-0.1, -0.05) is 39.5 Å². The number of carbonyl (C=O) groups is 1. The van der Waals surface area contributed by atoms with Crippen LogP contribution in [0.2, 0.25) is 0 Å². The molecule has 17 heavy (non-hydrogen) atoms. The van der Waals surface area contributed by atoms with Crippen molar-refractivity contribution in [3.05, 3.63) is 0 Å². The maximum Gasteiger partial charge on any atom is 0.323 e. The Balaban J connectivity index is 4.59. The van der Waals surface area contributed by atoms with Crippen LogP contribution < -0.4 is 0 Å². The molecule has 0 aliphatic rings. The highest BCUT2D eigenvalue weighted by Gasteiger charge is 2.39. The maximum absolute atomic E-state index is 11.5. The van der Waals surface area contributed by atoms with Crippen LogP contribution in [0.5, 0.6) is 0 Å². The third kappa shape index (κ3) is 4.66. The molecule has 0 fully saturated rings. The summed E-state index contributed by atoms with van der Waals surface area (Å²) in [5.41, 5.74) is -0.712. The molecule has 0 saturated carbocycles. The molecule has 0 aromatic heterocycles. The normalized spacial score (nSPS) is 15.2. The molecule has 102 valence electrons. The second-order valence-corrected chi connectivity index (χ2v) is 5.27. The van der Waals surface area contributed by atoms with Crippen molar-refractivity contribution in [2.24, 2.45) is 0 Å². The van der Waals surface area contributed by atoms with Crippen LogP contribution in [0.3, 0.4) is 0 Å². The molecule has 0 spiro atoms. The molecule has 0 heterocycles. The Kier molecular flexibility index (Phi) is 7.44. The number of likely N-dealkylation sites (N-methyl/N-ethyl adjacent to an activating group) is 1. The van der Waals surface area contributed by atoms with Crippen LogP contribution in [-0.4, -0.2) is 34.1 Å². The molecule has 0 aromatic rings. The first-order valence-corrected chi connectivity index (χ1v) is 6.90. The second-order valence-electron chi connectivity index (χ2n) is 5.27. The molecule has 1 N–H and O–H groups in total. The van der Waals surface area contributed by atoms with Gasteiger partial charge in [-0.25, -0.2) is 0 Å². The predicted molar refractivity (Wildman–Crippen MR) is 72.3 cm³/mol. The first-order valence-electron chi connectivity index (χ1n) is 6.90. The zero-order valence-corrected chi connectivity index (χ0v) is 12.1. The van der Waals surface area contributed by atoms with Gasteiger partial charge in [0.15, 0.2) is 0 Å². The smallest absolute Gasteiger partial charge is 0.323 e. The van der Waals surface area contributed by atoms with Gasteiger partial charge in [0.1, 0.15) is 5.54 Å². The molecule has 1 atom stereocenters. The number of carboxylic acids is 1. The first kappa shape index (κ1) is 16.4. The standard InChI is InChI=1S/C14H29NO2/c1-6-8-9-10-11-14(5,13(16)17)15(7-2)12(3)4/h12H,6-11H2,1-5H3,(H,16,17). The van der Waals surface area contributed by atoms with E-state index in [1.165, 1.54) is 12.8 Å². The molecule has 0 aliphatic heterocycles. The minimum atomic E-state index is -0.712. The van der Waals surface area contributed by atoms with Crippen LogP contribution in [0.15, 0.2) is 0 Å². The number of aliphatic carboxylic acids is 1. The van der Waals surface area contributed by atoms with Crippen LogP contribution in [0.4, 0.5) is 0 Å². The van der Waals surface area contributed by atoms with Crippen molar-refractivity contribution in [1.29, 1.82) is 0 Å². The molecule has 1 unspecified atom stereocenters. The van der Waals surface area contributed by atoms with Crippen molar-refractivity contribution < 1.29 is 9.90 Å². The van der Waals surface area contributed by atoms with Gasteiger partial charge in [0.05, 0.1) is 0 Å². The fourth-order valence-corrected chi connectivity index (χ4v) is 2.55. The molecule has 0 aromatic carbocycles. The Morgan fingerprint density at radius 2 is 1.82 bits per heavy atom. The highest BCUT2D eigenvalue weighted by Crippen LogP contribution is 2.25. The van der Waals surface area contributed by atoms with Gasteiger partial charge < -0.3 is 5.11 Å². The largest absolute Gasteiger partial charge is 0.480 e. The lowest BCUT2D eigenvalue weighted by Gasteiger charge is -2.40. The van der Waals surface area contributed by atoms with Gasteiger partial charge in [-0.2, -0.15) is 0 Å². The van der Waals surface area contributed by atoms with Crippen molar-refractivity contribution in [3.63, 3.8) is 0 Å². The van der Waals surface area contributed by atoms with E-state index in [1.54, 1.807) is 0 Å². The lowest BCUT2D eigenvalue weighted by atomic mass is 9.91. The van der Waals surface area contributed by atoms with Gasteiger partial charge in [-0.05, 0) is 33.7 Å². The SMILES string of the molecule is CCCCCCC(C)(C(=O)O)N(CC)C(C)C. The van der Waals surface area contributed by atoms with Gasteiger partial charge in [-0.3, -0.25) is 9.69 Å². The molecule has 0 saturated heterocycles. The summed E-state index contributed by atoms with van der Waals surface area (Å²) in [5.74, 6) is -0.690. The fraction of sp³-hybridized carbons (Fsp3) is 0.929. The minimum Gasteiger partial charge on any atom is -0.480 e. The monoisotopic (exact) mass is 243 g/mol. The number of hydrogen-bond donors (Lipinski definition) is 1. The summed E-state index contributed by atoms with van der Waals surface area (Å²) in [6.45, 7) is 11.0. The van der Waals surface area contributed by atoms with E-state index in [0.717, 1.165) is 25.8 Å². The Morgan fingerprint density at radius 1 is 1.24 bits per heavy atom. The molecule has 0 aliphatic carbocycles. The third-order valence-corrected chi connectivity index (χ3v) is 3.58. The van der Waals surface area contributed by atoms with Gasteiger partial charge in [0.25, 0.3) is 0 Å². The Bertz CT molecular complexity index is 228. The highest BCUT2D eigenvalue weighted by atomic mass is 16.4. The summed E-state index contributed by atoms with van der Waals surface area (Å²) in [7, 11) is 0. The number of unbranched alkanes of at least 4 members (excludes halogenated alkanes) is 3. The number of rotatable bonds is 9. The van der Waals surface area contributed by atoms with Crippen LogP contribution in [0, 0.1) is 0 Å². The second kappa shape index (κ2) is 7.70. The number of nitrogens with zero attached hydrogens (tertiary/aromatic N) is 1. The van der Waals surface area contributed by atoms with Crippen LogP contribution in [0.25, 0.3) is 0 Å². The lowest BCUT2D eigenvalue weighted by Crippen LogP contribution is -2.55. The molecule has 0 bridgehead atoms. The van der Waals surface area contributed by atoms with Crippen molar-refractivity contribution >= 4 is 5.97 Å². The van der Waals surface area contributed by atoms with Crippen LogP contribution >= 0.6 is 0 Å². The zero-order chi connectivity index (χ0) is 13.5. The highest BCUT2D eigenvalue weighted by molar-refractivity contribution is 5.78. The molecule has 3 heteroatoms. The van der Waals surface area contributed by atoms with Crippen LogP contribution in [-0.2, 0) is 4.79 Å². The van der Waals surface area contributed by atoms with E-state index in [4.69, 9.17) is 0 Å². The third-order valence-electron chi connectivity index (χ3n) is 3.58. The summed E-state index contributed by atoms with van der Waals surface area (Å²) >= 11 is 0. The van der Waals surface area contributed by atoms with E-state index in [9.17, 15) is 9.90 Å². The van der Waals surface area contributed by atoms with E-state index in [0.29, 0.717) is 0 Å². The molecular weight excluding hydrogens is 214 g/mol. The van der Waals surface area contributed by atoms with Gasteiger partial charge >= 0.3 is 5.97 Å². The zero-order valence-electron chi connectivity index (χ0n) is 12.1. The van der Waals surface area contributed by atoms with E-state index >= 15 is 0 Å². The topological polar surface area (TPSA) is 40.5 Å². The summed E-state index contributed by atoms with van der Waals surface area (Å²) in [4.78, 5) is 13.6. The number of hydrogen-bond acceptors (Lipinski definition) is 2. The van der Waals surface area contributed by atoms with Crippen molar-refractivity contribution in [2.75, 3.05) is 6.54 Å². The van der Waals surface area contributed by atoms with Crippen molar-refractivity contribution in [3.8, 4) is 0 Å². The fourth-order valence-electron chi connectivity index (χ4n) is 2.55. The first-order chi connectivity index (χ1) is 7.90. The minimum absolute atomic E-state index is 0.271. The molecule has 0 rings (SSSR count). The molecule has 0 radical (unpaired) electrons. The summed E-state index contributed by atoms with van der Waals surface area (Å²) in [5, 5.41) is 9.50. The van der Waals surface area contributed by atoms with E-state index in [-0.39, 0.29) is 6.04 Å². The van der Waals surface area contributed by atoms with Crippen molar-refractivity contribution in [2.45, 2.75) is 78.3 Å². The molecular formula is C14H29NO2. The quantitative estimate of drug-likeness (QED) is 0.630. The van der Waals surface area contributed by atoms with E-state index in [1.807, 2.05) is 13.8 Å². The average Bonchev–Trinajstić information content (AvgIpc) is 2.24.